The van der Waals surface area contributed by atoms with Crippen LogP contribution in [-0.2, 0) is 9.53 Å². The number of aromatic nitrogens is 2. The van der Waals surface area contributed by atoms with Crippen molar-refractivity contribution < 1.29 is 14.5 Å². The highest BCUT2D eigenvalue weighted by molar-refractivity contribution is 5.73. The third-order valence-corrected chi connectivity index (χ3v) is 2.38. The Hall–Kier alpha value is -1.92. The summed E-state index contributed by atoms with van der Waals surface area (Å²) in [5.74, 6) is -0.486. The van der Waals surface area contributed by atoms with Crippen molar-refractivity contribution in [3.63, 3.8) is 0 Å². The topological polar surface area (TPSA) is 87.3 Å². The largest absolute Gasteiger partial charge is 0.467 e. The van der Waals surface area contributed by atoms with Gasteiger partial charge < -0.3 is 4.74 Å². The molecule has 0 N–H and O–H groups in total. The van der Waals surface area contributed by atoms with E-state index in [1.54, 1.807) is 13.8 Å². The third-order valence-electron chi connectivity index (χ3n) is 2.38. The van der Waals surface area contributed by atoms with Crippen LogP contribution in [0.1, 0.15) is 24.4 Å². The second-order valence-electron chi connectivity index (χ2n) is 3.42. The van der Waals surface area contributed by atoms with Gasteiger partial charge >= 0.3 is 11.7 Å². The zero-order chi connectivity index (χ0) is 12.5. The minimum Gasteiger partial charge on any atom is -0.467 e. The van der Waals surface area contributed by atoms with E-state index in [9.17, 15) is 14.9 Å². The molecule has 7 nitrogen and oxygen atoms in total. The summed E-state index contributed by atoms with van der Waals surface area (Å²) in [7, 11) is 1.26. The molecule has 0 aromatic carbocycles. The van der Waals surface area contributed by atoms with Crippen molar-refractivity contribution in [3.05, 3.63) is 21.5 Å². The van der Waals surface area contributed by atoms with Gasteiger partial charge in [0.2, 0.25) is 0 Å². The van der Waals surface area contributed by atoms with Gasteiger partial charge in [0.1, 0.15) is 17.4 Å². The summed E-state index contributed by atoms with van der Waals surface area (Å²) in [5.41, 5.74) is 0.578. The van der Waals surface area contributed by atoms with Gasteiger partial charge in [0.15, 0.2) is 0 Å². The van der Waals surface area contributed by atoms with Gasteiger partial charge in [0.25, 0.3) is 0 Å². The number of nitro groups is 1. The molecule has 0 spiro atoms. The van der Waals surface area contributed by atoms with Crippen LogP contribution in [0.2, 0.25) is 0 Å². The Morgan fingerprint density at radius 3 is 2.50 bits per heavy atom. The summed E-state index contributed by atoms with van der Waals surface area (Å²) < 4.78 is 5.87. The van der Waals surface area contributed by atoms with Crippen LogP contribution in [0.25, 0.3) is 0 Å². The van der Waals surface area contributed by atoms with Crippen molar-refractivity contribution in [2.75, 3.05) is 7.11 Å². The molecule has 0 fully saturated rings. The first-order valence-corrected chi connectivity index (χ1v) is 4.68. The second-order valence-corrected chi connectivity index (χ2v) is 3.42. The van der Waals surface area contributed by atoms with Crippen molar-refractivity contribution >= 4 is 11.7 Å². The van der Waals surface area contributed by atoms with Gasteiger partial charge in [-0.15, -0.1) is 0 Å². The highest BCUT2D eigenvalue weighted by Gasteiger charge is 2.27. The maximum atomic E-state index is 11.3. The number of aryl methyl sites for hydroxylation is 1. The van der Waals surface area contributed by atoms with E-state index >= 15 is 0 Å². The van der Waals surface area contributed by atoms with Crippen molar-refractivity contribution in [1.29, 1.82) is 0 Å². The number of carbonyl (C=O) groups excluding carboxylic acids is 1. The normalized spacial score (nSPS) is 12.2. The lowest BCUT2D eigenvalue weighted by Gasteiger charge is -2.10. The van der Waals surface area contributed by atoms with E-state index < -0.39 is 16.9 Å². The lowest BCUT2D eigenvalue weighted by molar-refractivity contribution is -0.386. The SMILES string of the molecule is COC(=O)C(C)n1nc(C)c([N+](=O)[O-])c1C. The van der Waals surface area contributed by atoms with Crippen LogP contribution in [0.15, 0.2) is 0 Å². The van der Waals surface area contributed by atoms with Gasteiger partial charge in [0.05, 0.1) is 12.0 Å². The number of nitrogens with zero attached hydrogens (tertiary/aromatic N) is 3. The average Bonchev–Trinajstić information content (AvgIpc) is 2.51. The van der Waals surface area contributed by atoms with Crippen molar-refractivity contribution in [2.24, 2.45) is 0 Å². The summed E-state index contributed by atoms with van der Waals surface area (Å²) in [6.07, 6.45) is 0. The van der Waals surface area contributed by atoms with E-state index in [2.05, 4.69) is 9.84 Å². The first-order chi connectivity index (χ1) is 7.40. The first kappa shape index (κ1) is 12.2. The van der Waals surface area contributed by atoms with Gasteiger partial charge in [-0.1, -0.05) is 0 Å². The molecule has 16 heavy (non-hydrogen) atoms. The molecule has 0 saturated heterocycles. The fourth-order valence-electron chi connectivity index (χ4n) is 1.57. The van der Waals surface area contributed by atoms with E-state index in [-0.39, 0.29) is 5.69 Å². The van der Waals surface area contributed by atoms with Crippen LogP contribution in [0.3, 0.4) is 0 Å². The standard InChI is InChI=1S/C9H13N3O4/c1-5-8(12(14)15)6(2)11(10-5)7(3)9(13)16-4/h7H,1-4H3. The first-order valence-electron chi connectivity index (χ1n) is 4.68. The minimum atomic E-state index is -0.669. The summed E-state index contributed by atoms with van der Waals surface area (Å²) in [6.45, 7) is 4.66. The molecule has 0 radical (unpaired) electrons. The van der Waals surface area contributed by atoms with E-state index in [0.29, 0.717) is 11.4 Å². The van der Waals surface area contributed by atoms with Gasteiger partial charge in [-0.3, -0.25) is 10.1 Å². The van der Waals surface area contributed by atoms with Crippen LogP contribution in [0.4, 0.5) is 5.69 Å². The van der Waals surface area contributed by atoms with Gasteiger partial charge in [0, 0.05) is 0 Å². The monoisotopic (exact) mass is 227 g/mol. The van der Waals surface area contributed by atoms with Crippen LogP contribution in [0, 0.1) is 24.0 Å². The van der Waals surface area contributed by atoms with Crippen LogP contribution in [0.5, 0.6) is 0 Å². The highest BCUT2D eigenvalue weighted by atomic mass is 16.6. The Kier molecular flexibility index (Phi) is 3.26. The number of esters is 1. The molecule has 7 heteroatoms. The predicted octanol–water partition coefficient (Wildman–Crippen LogP) is 1.14. The zero-order valence-electron chi connectivity index (χ0n) is 9.55. The summed E-state index contributed by atoms with van der Waals surface area (Å²) in [4.78, 5) is 21.6. The van der Waals surface area contributed by atoms with E-state index in [1.807, 2.05) is 0 Å². The molecular formula is C9H13N3O4. The molecular weight excluding hydrogens is 214 g/mol. The smallest absolute Gasteiger partial charge is 0.330 e. The molecule has 1 rings (SSSR count). The van der Waals surface area contributed by atoms with Crippen LogP contribution >= 0.6 is 0 Å². The van der Waals surface area contributed by atoms with Gasteiger partial charge in [-0.25, -0.2) is 9.48 Å². The van der Waals surface area contributed by atoms with Crippen molar-refractivity contribution in [1.82, 2.24) is 9.78 Å². The molecule has 1 heterocycles. The predicted molar refractivity (Wildman–Crippen MR) is 55.1 cm³/mol. The second kappa shape index (κ2) is 4.30. The Labute approximate surface area is 92.2 Å². The number of hydrogen-bond donors (Lipinski definition) is 0. The maximum absolute atomic E-state index is 11.3. The number of ether oxygens (including phenoxy) is 1. The Balaban J connectivity index is 3.22. The fourth-order valence-corrected chi connectivity index (χ4v) is 1.57. The molecule has 0 bridgehead atoms. The lowest BCUT2D eigenvalue weighted by Crippen LogP contribution is -2.20. The molecule has 88 valence electrons. The Morgan fingerprint density at radius 2 is 2.12 bits per heavy atom. The maximum Gasteiger partial charge on any atom is 0.330 e. The minimum absolute atomic E-state index is 0.0595. The zero-order valence-corrected chi connectivity index (χ0v) is 9.55. The molecule has 1 aromatic heterocycles. The van der Waals surface area contributed by atoms with E-state index in [1.165, 1.54) is 18.7 Å². The summed E-state index contributed by atoms with van der Waals surface area (Å²) in [5, 5.41) is 14.7. The van der Waals surface area contributed by atoms with Crippen LogP contribution in [-0.4, -0.2) is 27.8 Å². The number of methoxy groups -OCH3 is 1. The molecule has 1 unspecified atom stereocenters. The highest BCUT2D eigenvalue weighted by Crippen LogP contribution is 2.24. The number of rotatable bonds is 3. The Bertz CT molecular complexity index is 438. The fraction of sp³-hybridized carbons (Fsp3) is 0.556. The molecule has 0 aliphatic rings. The quantitative estimate of drug-likeness (QED) is 0.439. The number of hydrogen-bond acceptors (Lipinski definition) is 5. The molecule has 1 atom stereocenters. The molecule has 0 aliphatic heterocycles. The number of carbonyl (C=O) groups is 1. The van der Waals surface area contributed by atoms with Gasteiger partial charge in [-0.05, 0) is 20.8 Å². The van der Waals surface area contributed by atoms with Crippen molar-refractivity contribution in [2.45, 2.75) is 26.8 Å². The lowest BCUT2D eigenvalue weighted by atomic mass is 10.3. The summed E-state index contributed by atoms with van der Waals surface area (Å²) in [6, 6.07) is -0.669. The van der Waals surface area contributed by atoms with E-state index in [0.717, 1.165) is 0 Å². The van der Waals surface area contributed by atoms with Crippen molar-refractivity contribution in [3.8, 4) is 0 Å². The van der Waals surface area contributed by atoms with Gasteiger partial charge in [-0.2, -0.15) is 5.10 Å². The average molecular weight is 227 g/mol. The molecule has 1 aromatic rings. The third kappa shape index (κ3) is 1.88. The molecule has 0 amide bonds. The van der Waals surface area contributed by atoms with Crippen LogP contribution < -0.4 is 0 Å². The van der Waals surface area contributed by atoms with E-state index in [4.69, 9.17) is 0 Å². The Morgan fingerprint density at radius 1 is 1.56 bits per heavy atom. The molecule has 0 saturated carbocycles. The summed E-state index contributed by atoms with van der Waals surface area (Å²) >= 11 is 0. The molecule has 0 aliphatic carbocycles.